The van der Waals surface area contributed by atoms with E-state index >= 15 is 0 Å². The van der Waals surface area contributed by atoms with Crippen LogP contribution in [-0.4, -0.2) is 42.7 Å². The van der Waals surface area contributed by atoms with Crippen molar-refractivity contribution < 1.29 is 28.4 Å². The Bertz CT molecular complexity index is 1470. The summed E-state index contributed by atoms with van der Waals surface area (Å²) in [5, 5.41) is 0.631. The predicted octanol–water partition coefficient (Wildman–Crippen LogP) is 8.72. The molecule has 4 aromatic rings. The summed E-state index contributed by atoms with van der Waals surface area (Å²) in [6.45, 7) is 4.47. The van der Waals surface area contributed by atoms with E-state index in [-0.39, 0.29) is 17.8 Å². The highest BCUT2D eigenvalue weighted by Gasteiger charge is 2.33. The summed E-state index contributed by atoms with van der Waals surface area (Å²) in [4.78, 5) is 0. The minimum atomic E-state index is -0.0991. The molecule has 43 heavy (non-hydrogen) atoms. The Morgan fingerprint density at radius 3 is 1.47 bits per heavy atom. The highest BCUT2D eigenvalue weighted by molar-refractivity contribution is 9.08. The highest BCUT2D eigenvalue weighted by Crippen LogP contribution is 2.50. The molecular formula is C36H41BrO6. The van der Waals surface area contributed by atoms with Gasteiger partial charge in [0, 0.05) is 40.4 Å². The summed E-state index contributed by atoms with van der Waals surface area (Å²) in [6.07, 6.45) is 0. The molecular weight excluding hydrogens is 608 g/mol. The maximum absolute atomic E-state index is 6.04. The quantitative estimate of drug-likeness (QED) is 0.135. The third kappa shape index (κ3) is 6.72. The molecule has 0 saturated heterocycles. The predicted molar refractivity (Wildman–Crippen MR) is 175 cm³/mol. The van der Waals surface area contributed by atoms with Crippen LogP contribution in [0.5, 0.6) is 34.5 Å². The Morgan fingerprint density at radius 2 is 1.00 bits per heavy atom. The Hall–Kier alpha value is -3.84. The number of hydrogen-bond donors (Lipinski definition) is 0. The third-order valence-electron chi connectivity index (χ3n) is 8.23. The zero-order chi connectivity index (χ0) is 31.1. The van der Waals surface area contributed by atoms with Crippen LogP contribution >= 0.6 is 15.9 Å². The van der Waals surface area contributed by atoms with Crippen molar-refractivity contribution in [2.45, 2.75) is 36.9 Å². The topological polar surface area (TPSA) is 55.4 Å². The normalized spacial score (nSPS) is 13.0. The lowest BCUT2D eigenvalue weighted by atomic mass is 9.73. The summed E-state index contributed by atoms with van der Waals surface area (Å²) in [6, 6.07) is 24.6. The molecule has 0 aromatic heterocycles. The molecule has 7 heteroatoms. The smallest absolute Gasteiger partial charge is 0.126 e. The molecule has 0 fully saturated rings. The molecule has 0 bridgehead atoms. The maximum atomic E-state index is 6.04. The Kier molecular flexibility index (Phi) is 10.9. The SMILES string of the molecule is COc1ccc([C@@H](C)c2c(OC)cc(OC)cc2[C@H](C)[C@H](c2ccc(OC)cc2)c2c(CBr)cc(OC)cc2OC)cc1. The van der Waals surface area contributed by atoms with Gasteiger partial charge >= 0.3 is 0 Å². The monoisotopic (exact) mass is 648 g/mol. The van der Waals surface area contributed by atoms with E-state index in [2.05, 4.69) is 66.2 Å². The van der Waals surface area contributed by atoms with E-state index in [1.807, 2.05) is 36.4 Å². The van der Waals surface area contributed by atoms with E-state index in [4.69, 9.17) is 28.4 Å². The van der Waals surface area contributed by atoms with Crippen molar-refractivity contribution in [1.82, 2.24) is 0 Å². The van der Waals surface area contributed by atoms with Crippen LogP contribution in [0.15, 0.2) is 72.8 Å². The fourth-order valence-corrected chi connectivity index (χ4v) is 6.37. The first kappa shape index (κ1) is 32.1. The first-order valence-corrected chi connectivity index (χ1v) is 15.3. The second-order valence-electron chi connectivity index (χ2n) is 10.4. The molecule has 0 aliphatic heterocycles. The molecule has 0 aliphatic carbocycles. The van der Waals surface area contributed by atoms with Gasteiger partial charge in [0.05, 0.1) is 42.7 Å². The molecule has 3 atom stereocenters. The van der Waals surface area contributed by atoms with E-state index in [1.165, 1.54) is 0 Å². The first-order chi connectivity index (χ1) is 20.8. The van der Waals surface area contributed by atoms with Crippen molar-refractivity contribution >= 4 is 15.9 Å². The largest absolute Gasteiger partial charge is 0.497 e. The summed E-state index contributed by atoms with van der Waals surface area (Å²) < 4.78 is 34.4. The van der Waals surface area contributed by atoms with Crippen LogP contribution < -0.4 is 28.4 Å². The Morgan fingerprint density at radius 1 is 0.535 bits per heavy atom. The van der Waals surface area contributed by atoms with Gasteiger partial charge in [0.15, 0.2) is 0 Å². The van der Waals surface area contributed by atoms with Gasteiger partial charge in [0.1, 0.15) is 34.5 Å². The second kappa shape index (κ2) is 14.6. The van der Waals surface area contributed by atoms with Gasteiger partial charge in [-0.25, -0.2) is 0 Å². The van der Waals surface area contributed by atoms with Crippen LogP contribution in [-0.2, 0) is 5.33 Å². The lowest BCUT2D eigenvalue weighted by Crippen LogP contribution is -2.17. The second-order valence-corrected chi connectivity index (χ2v) is 11.0. The van der Waals surface area contributed by atoms with E-state index in [9.17, 15) is 0 Å². The van der Waals surface area contributed by atoms with Gasteiger partial charge in [-0.2, -0.15) is 0 Å². The van der Waals surface area contributed by atoms with Gasteiger partial charge in [-0.3, -0.25) is 0 Å². The zero-order valence-electron chi connectivity index (χ0n) is 26.2. The molecule has 4 rings (SSSR count). The number of hydrogen-bond acceptors (Lipinski definition) is 6. The fraction of sp³-hybridized carbons (Fsp3) is 0.333. The molecule has 0 amide bonds. The molecule has 6 nitrogen and oxygen atoms in total. The number of rotatable bonds is 13. The van der Waals surface area contributed by atoms with Crippen molar-refractivity contribution in [3.63, 3.8) is 0 Å². The van der Waals surface area contributed by atoms with Gasteiger partial charge in [-0.1, -0.05) is 54.0 Å². The minimum absolute atomic E-state index is 0.0224. The number of alkyl halides is 1. The van der Waals surface area contributed by atoms with Crippen molar-refractivity contribution in [1.29, 1.82) is 0 Å². The standard InChI is InChI=1S/C36H41BrO6/c1-22(24-9-13-27(38-3)14-10-24)35-31(18-30(41-6)20-32(35)42-7)23(2)34(25-11-15-28(39-4)16-12-25)36-26(21-37)17-29(40-5)19-33(36)43-8/h9-20,22-23,34H,21H2,1-8H3/t22-,23+,34-/m1/s1. The van der Waals surface area contributed by atoms with Crippen LogP contribution in [0.3, 0.4) is 0 Å². The van der Waals surface area contributed by atoms with Crippen molar-refractivity contribution in [3.05, 3.63) is 106 Å². The molecule has 4 aromatic carbocycles. The van der Waals surface area contributed by atoms with Crippen molar-refractivity contribution in [2.75, 3.05) is 42.7 Å². The van der Waals surface area contributed by atoms with Crippen molar-refractivity contribution in [2.24, 2.45) is 0 Å². The molecule has 228 valence electrons. The van der Waals surface area contributed by atoms with Crippen LogP contribution in [0, 0.1) is 0 Å². The average Bonchev–Trinajstić information content (AvgIpc) is 3.07. The Balaban J connectivity index is 2.01. The van der Waals surface area contributed by atoms with Crippen molar-refractivity contribution in [3.8, 4) is 34.5 Å². The summed E-state index contributed by atoms with van der Waals surface area (Å²) >= 11 is 3.75. The molecule has 0 saturated carbocycles. The van der Waals surface area contributed by atoms with E-state index in [0.717, 1.165) is 67.9 Å². The molecule has 0 radical (unpaired) electrons. The summed E-state index contributed by atoms with van der Waals surface area (Å²) in [7, 11) is 10.1. The summed E-state index contributed by atoms with van der Waals surface area (Å²) in [5.41, 5.74) is 6.68. The lowest BCUT2D eigenvalue weighted by Gasteiger charge is -2.32. The van der Waals surface area contributed by atoms with Crippen LogP contribution in [0.25, 0.3) is 0 Å². The van der Waals surface area contributed by atoms with Crippen LogP contribution in [0.2, 0.25) is 0 Å². The van der Waals surface area contributed by atoms with Gasteiger partial charge in [0.2, 0.25) is 0 Å². The van der Waals surface area contributed by atoms with E-state index in [0.29, 0.717) is 5.33 Å². The van der Waals surface area contributed by atoms with E-state index in [1.54, 1.807) is 42.7 Å². The molecule has 0 N–H and O–H groups in total. The third-order valence-corrected chi connectivity index (χ3v) is 8.83. The van der Waals surface area contributed by atoms with Crippen LogP contribution in [0.4, 0.5) is 0 Å². The molecule has 0 heterocycles. The summed E-state index contributed by atoms with van der Waals surface area (Å²) in [5.74, 6) is 4.53. The number of benzene rings is 4. The lowest BCUT2D eigenvalue weighted by molar-refractivity contribution is 0.384. The minimum Gasteiger partial charge on any atom is -0.497 e. The first-order valence-electron chi connectivity index (χ1n) is 14.2. The van der Waals surface area contributed by atoms with Gasteiger partial charge in [-0.15, -0.1) is 0 Å². The number of halogens is 1. The van der Waals surface area contributed by atoms with Gasteiger partial charge in [-0.05, 0) is 64.6 Å². The van der Waals surface area contributed by atoms with Gasteiger partial charge < -0.3 is 28.4 Å². The number of ether oxygens (including phenoxy) is 6. The fourth-order valence-electron chi connectivity index (χ4n) is 5.91. The van der Waals surface area contributed by atoms with Crippen LogP contribution in [0.1, 0.15) is 65.0 Å². The van der Waals surface area contributed by atoms with Gasteiger partial charge in [0.25, 0.3) is 0 Å². The zero-order valence-corrected chi connectivity index (χ0v) is 27.8. The average molecular weight is 650 g/mol. The molecule has 0 spiro atoms. The molecule has 0 unspecified atom stereocenters. The van der Waals surface area contributed by atoms with E-state index < -0.39 is 0 Å². The Labute approximate surface area is 264 Å². The maximum Gasteiger partial charge on any atom is 0.126 e. The highest BCUT2D eigenvalue weighted by atomic mass is 79.9. The number of methoxy groups -OCH3 is 6. The molecule has 0 aliphatic rings.